The third kappa shape index (κ3) is 5.60. The largest absolute Gasteiger partial charge is 0.483 e. The molecule has 1 aliphatic heterocycles. The number of ether oxygens (including phenoxy) is 1. The van der Waals surface area contributed by atoms with E-state index in [1.807, 2.05) is 69.0 Å². The van der Waals surface area contributed by atoms with Crippen LogP contribution in [0.3, 0.4) is 0 Å². The number of nitrogens with zero attached hydrogens (tertiary/aromatic N) is 1. The van der Waals surface area contributed by atoms with Crippen molar-refractivity contribution in [2.24, 2.45) is 0 Å². The summed E-state index contributed by atoms with van der Waals surface area (Å²) in [5, 5.41) is 3.02. The minimum atomic E-state index is -0.00482. The van der Waals surface area contributed by atoms with Crippen molar-refractivity contribution in [3.05, 3.63) is 58.7 Å². The lowest BCUT2D eigenvalue weighted by Crippen LogP contribution is -3.15. The molecule has 0 radical (unpaired) electrons. The molecule has 0 aliphatic carbocycles. The average molecular weight is 411 g/mol. The normalized spacial score (nSPS) is 14.5. The van der Waals surface area contributed by atoms with Gasteiger partial charge in [0.1, 0.15) is 5.75 Å². The van der Waals surface area contributed by atoms with E-state index in [2.05, 4.69) is 5.32 Å². The molecule has 0 atom stereocenters. The number of amides is 2. The molecule has 1 aliphatic rings. The van der Waals surface area contributed by atoms with Crippen molar-refractivity contribution < 1.29 is 19.2 Å². The molecule has 2 aromatic carbocycles. The van der Waals surface area contributed by atoms with Crippen LogP contribution in [0, 0.1) is 27.7 Å². The van der Waals surface area contributed by atoms with Crippen LogP contribution in [0.5, 0.6) is 5.75 Å². The van der Waals surface area contributed by atoms with Gasteiger partial charge in [0, 0.05) is 5.69 Å². The van der Waals surface area contributed by atoms with E-state index in [-0.39, 0.29) is 18.4 Å². The van der Waals surface area contributed by atoms with Crippen molar-refractivity contribution >= 4 is 17.5 Å². The Kier molecular flexibility index (Phi) is 7.11. The van der Waals surface area contributed by atoms with E-state index >= 15 is 0 Å². The first-order chi connectivity index (χ1) is 14.3. The topological polar surface area (TPSA) is 63.1 Å². The summed E-state index contributed by atoms with van der Waals surface area (Å²) in [5.41, 5.74) is 5.27. The Hall–Kier alpha value is -2.86. The second-order valence-electron chi connectivity index (χ2n) is 8.16. The second kappa shape index (κ2) is 9.76. The standard InChI is InChI=1S/C24H31N3O3/c1-17-8-9-19(3)22(14-17)30-16-24(29)27-12-10-26(11-13-27)15-23(28)25-21-7-5-6-18(2)20(21)4/h5-9,14H,10-13,15-16H2,1-4H3,(H,25,28)/p+1. The molecule has 2 aromatic rings. The number of hydrogen-bond acceptors (Lipinski definition) is 3. The summed E-state index contributed by atoms with van der Waals surface area (Å²) in [6, 6.07) is 11.9. The van der Waals surface area contributed by atoms with E-state index < -0.39 is 0 Å². The Bertz CT molecular complexity index is 918. The molecule has 2 N–H and O–H groups in total. The van der Waals surface area contributed by atoms with Crippen LogP contribution in [0.4, 0.5) is 5.69 Å². The minimum absolute atomic E-state index is 0.00482. The highest BCUT2D eigenvalue weighted by Crippen LogP contribution is 2.19. The van der Waals surface area contributed by atoms with Gasteiger partial charge in [0.25, 0.3) is 11.8 Å². The Morgan fingerprint density at radius 3 is 2.50 bits per heavy atom. The van der Waals surface area contributed by atoms with Gasteiger partial charge < -0.3 is 19.9 Å². The van der Waals surface area contributed by atoms with E-state index in [1.54, 1.807) is 0 Å². The van der Waals surface area contributed by atoms with E-state index in [0.717, 1.165) is 46.8 Å². The SMILES string of the molecule is Cc1ccc(C)c(OCC(=O)N2CC[NH+](CC(=O)Nc3cccc(C)c3C)CC2)c1. The zero-order valence-corrected chi connectivity index (χ0v) is 18.4. The van der Waals surface area contributed by atoms with Crippen LogP contribution in [-0.4, -0.2) is 56.0 Å². The zero-order valence-electron chi connectivity index (χ0n) is 18.4. The van der Waals surface area contributed by atoms with E-state index in [1.165, 1.54) is 4.90 Å². The number of carbonyl (C=O) groups is 2. The lowest BCUT2D eigenvalue weighted by atomic mass is 10.1. The number of aryl methyl sites for hydroxylation is 3. The van der Waals surface area contributed by atoms with Crippen LogP contribution in [0.15, 0.2) is 36.4 Å². The lowest BCUT2D eigenvalue weighted by molar-refractivity contribution is -0.895. The van der Waals surface area contributed by atoms with E-state index in [0.29, 0.717) is 19.6 Å². The molecular formula is C24H32N3O3+. The highest BCUT2D eigenvalue weighted by Gasteiger charge is 2.25. The van der Waals surface area contributed by atoms with Gasteiger partial charge in [-0.05, 0) is 62.1 Å². The quantitative estimate of drug-likeness (QED) is 0.762. The van der Waals surface area contributed by atoms with Crippen molar-refractivity contribution in [1.82, 2.24) is 4.90 Å². The van der Waals surface area contributed by atoms with Crippen LogP contribution in [-0.2, 0) is 9.59 Å². The molecular weight excluding hydrogens is 378 g/mol. The third-order valence-electron chi connectivity index (χ3n) is 5.81. The number of anilines is 1. The van der Waals surface area contributed by atoms with Gasteiger partial charge in [0.2, 0.25) is 0 Å². The summed E-state index contributed by atoms with van der Waals surface area (Å²) < 4.78 is 5.75. The first-order valence-electron chi connectivity index (χ1n) is 10.5. The maximum atomic E-state index is 12.5. The number of quaternary nitrogens is 1. The summed E-state index contributed by atoms with van der Waals surface area (Å²) in [6.07, 6.45) is 0. The zero-order chi connectivity index (χ0) is 21.7. The van der Waals surface area contributed by atoms with Gasteiger partial charge in [0.15, 0.2) is 13.2 Å². The molecule has 1 heterocycles. The number of piperazine rings is 1. The fourth-order valence-corrected chi connectivity index (χ4v) is 3.65. The van der Waals surface area contributed by atoms with Crippen molar-refractivity contribution in [3.8, 4) is 5.75 Å². The predicted molar refractivity (Wildman–Crippen MR) is 118 cm³/mol. The van der Waals surface area contributed by atoms with Crippen LogP contribution in [0.1, 0.15) is 22.3 Å². The maximum absolute atomic E-state index is 12.5. The van der Waals surface area contributed by atoms with Crippen molar-refractivity contribution in [1.29, 1.82) is 0 Å². The lowest BCUT2D eigenvalue weighted by Gasteiger charge is -2.32. The number of nitrogens with one attached hydrogen (secondary N) is 2. The van der Waals surface area contributed by atoms with Gasteiger partial charge in [0.05, 0.1) is 26.2 Å². The molecule has 30 heavy (non-hydrogen) atoms. The van der Waals surface area contributed by atoms with Gasteiger partial charge in [-0.2, -0.15) is 0 Å². The fourth-order valence-electron chi connectivity index (χ4n) is 3.65. The first kappa shape index (κ1) is 21.8. The highest BCUT2D eigenvalue weighted by atomic mass is 16.5. The van der Waals surface area contributed by atoms with Crippen LogP contribution >= 0.6 is 0 Å². The number of hydrogen-bond donors (Lipinski definition) is 2. The summed E-state index contributed by atoms with van der Waals surface area (Å²) in [6.45, 7) is 11.3. The van der Waals surface area contributed by atoms with Crippen LogP contribution in [0.25, 0.3) is 0 Å². The van der Waals surface area contributed by atoms with E-state index in [4.69, 9.17) is 4.74 Å². The average Bonchev–Trinajstić information content (AvgIpc) is 2.72. The molecule has 2 amide bonds. The van der Waals surface area contributed by atoms with Crippen molar-refractivity contribution in [2.75, 3.05) is 44.6 Å². The van der Waals surface area contributed by atoms with Crippen LogP contribution < -0.4 is 15.0 Å². The van der Waals surface area contributed by atoms with Crippen molar-refractivity contribution in [2.45, 2.75) is 27.7 Å². The molecule has 6 heteroatoms. The summed E-state index contributed by atoms with van der Waals surface area (Å²) in [4.78, 5) is 28.0. The molecule has 3 rings (SSSR count). The van der Waals surface area contributed by atoms with Gasteiger partial charge >= 0.3 is 0 Å². The third-order valence-corrected chi connectivity index (χ3v) is 5.81. The Balaban J connectivity index is 1.44. The van der Waals surface area contributed by atoms with Gasteiger partial charge in [-0.3, -0.25) is 9.59 Å². The molecule has 0 saturated carbocycles. The maximum Gasteiger partial charge on any atom is 0.279 e. The summed E-state index contributed by atoms with van der Waals surface area (Å²) in [5.74, 6) is 0.766. The molecule has 6 nitrogen and oxygen atoms in total. The number of carbonyl (C=O) groups excluding carboxylic acids is 2. The monoisotopic (exact) mass is 410 g/mol. The highest BCUT2D eigenvalue weighted by molar-refractivity contribution is 5.92. The second-order valence-corrected chi connectivity index (χ2v) is 8.16. The molecule has 0 bridgehead atoms. The Morgan fingerprint density at radius 1 is 1.03 bits per heavy atom. The molecule has 0 unspecified atom stereocenters. The molecule has 0 spiro atoms. The fraction of sp³-hybridized carbons (Fsp3) is 0.417. The first-order valence-corrected chi connectivity index (χ1v) is 10.5. The summed E-state index contributed by atoms with van der Waals surface area (Å²) in [7, 11) is 0. The van der Waals surface area contributed by atoms with Crippen LogP contribution in [0.2, 0.25) is 0 Å². The number of benzene rings is 2. The van der Waals surface area contributed by atoms with Gasteiger partial charge in [-0.1, -0.05) is 24.3 Å². The Morgan fingerprint density at radius 2 is 1.77 bits per heavy atom. The minimum Gasteiger partial charge on any atom is -0.483 e. The van der Waals surface area contributed by atoms with Gasteiger partial charge in [-0.15, -0.1) is 0 Å². The van der Waals surface area contributed by atoms with Crippen molar-refractivity contribution in [3.63, 3.8) is 0 Å². The predicted octanol–water partition coefficient (Wildman–Crippen LogP) is 1.66. The molecule has 1 saturated heterocycles. The molecule has 0 aromatic heterocycles. The van der Waals surface area contributed by atoms with E-state index in [9.17, 15) is 9.59 Å². The number of rotatable bonds is 6. The Labute approximate surface area is 178 Å². The smallest absolute Gasteiger partial charge is 0.279 e. The molecule has 1 fully saturated rings. The molecule has 160 valence electrons. The summed E-state index contributed by atoms with van der Waals surface area (Å²) >= 11 is 0. The van der Waals surface area contributed by atoms with Gasteiger partial charge in [-0.25, -0.2) is 0 Å².